The van der Waals surface area contributed by atoms with Gasteiger partial charge in [-0.3, -0.25) is 19.6 Å². The SMILES string of the molecule is COC(=O)c1cc(C(=O)NC2CCCc3c2cnn3Cc2ccccc2)cc([N+](=O)[O-])c1. The van der Waals surface area contributed by atoms with E-state index in [9.17, 15) is 19.7 Å². The maximum Gasteiger partial charge on any atom is 0.338 e. The van der Waals surface area contributed by atoms with Gasteiger partial charge in [-0.2, -0.15) is 5.10 Å². The number of aromatic nitrogens is 2. The number of carbonyl (C=O) groups is 2. The van der Waals surface area contributed by atoms with Crippen molar-refractivity contribution in [3.8, 4) is 0 Å². The normalized spacial score (nSPS) is 15.0. The van der Waals surface area contributed by atoms with Gasteiger partial charge in [0.1, 0.15) is 0 Å². The summed E-state index contributed by atoms with van der Waals surface area (Å²) in [6.45, 7) is 0.643. The Morgan fingerprint density at radius 3 is 2.69 bits per heavy atom. The molecular weight excluding hydrogens is 412 g/mol. The van der Waals surface area contributed by atoms with Gasteiger partial charge in [0.15, 0.2) is 0 Å². The van der Waals surface area contributed by atoms with Crippen LogP contribution in [0.1, 0.15) is 56.4 Å². The summed E-state index contributed by atoms with van der Waals surface area (Å²) in [5, 5.41) is 18.7. The van der Waals surface area contributed by atoms with E-state index in [1.165, 1.54) is 13.2 Å². The predicted molar refractivity (Wildman–Crippen MR) is 115 cm³/mol. The van der Waals surface area contributed by atoms with Crippen molar-refractivity contribution < 1.29 is 19.2 Å². The number of benzene rings is 2. The summed E-state index contributed by atoms with van der Waals surface area (Å²) in [7, 11) is 1.18. The summed E-state index contributed by atoms with van der Waals surface area (Å²) >= 11 is 0. The third-order valence-electron chi connectivity index (χ3n) is 5.56. The number of rotatable bonds is 6. The number of methoxy groups -OCH3 is 1. The zero-order valence-corrected chi connectivity index (χ0v) is 17.5. The third kappa shape index (κ3) is 4.36. The number of carbonyl (C=O) groups excluding carboxylic acids is 2. The summed E-state index contributed by atoms with van der Waals surface area (Å²) in [5.74, 6) is -1.24. The number of nitro benzene ring substituents is 1. The Kier molecular flexibility index (Phi) is 5.98. The van der Waals surface area contributed by atoms with Crippen LogP contribution in [0, 0.1) is 10.1 Å². The van der Waals surface area contributed by atoms with Gasteiger partial charge in [-0.1, -0.05) is 30.3 Å². The zero-order valence-electron chi connectivity index (χ0n) is 17.5. The quantitative estimate of drug-likeness (QED) is 0.361. The van der Waals surface area contributed by atoms with Crippen molar-refractivity contribution in [3.05, 3.63) is 92.8 Å². The second-order valence-corrected chi connectivity index (χ2v) is 7.63. The summed E-state index contributed by atoms with van der Waals surface area (Å²) < 4.78 is 6.60. The molecule has 0 spiro atoms. The fourth-order valence-corrected chi connectivity index (χ4v) is 3.99. The van der Waals surface area contributed by atoms with Crippen molar-refractivity contribution in [2.24, 2.45) is 0 Å². The molecule has 0 fully saturated rings. The molecule has 2 aromatic carbocycles. The van der Waals surface area contributed by atoms with Gasteiger partial charge >= 0.3 is 5.97 Å². The van der Waals surface area contributed by atoms with Crippen LogP contribution < -0.4 is 5.32 Å². The highest BCUT2D eigenvalue weighted by Gasteiger charge is 2.27. The second-order valence-electron chi connectivity index (χ2n) is 7.63. The van der Waals surface area contributed by atoms with E-state index in [-0.39, 0.29) is 22.9 Å². The highest BCUT2D eigenvalue weighted by atomic mass is 16.6. The molecule has 1 aliphatic carbocycles. The van der Waals surface area contributed by atoms with E-state index in [2.05, 4.69) is 15.2 Å². The Morgan fingerprint density at radius 2 is 1.97 bits per heavy atom. The molecule has 0 saturated heterocycles. The van der Waals surface area contributed by atoms with Gasteiger partial charge in [-0.25, -0.2) is 4.79 Å². The number of nitro groups is 1. The Bertz CT molecular complexity index is 1170. The first-order valence-corrected chi connectivity index (χ1v) is 10.2. The zero-order chi connectivity index (χ0) is 22.7. The van der Waals surface area contributed by atoms with Gasteiger partial charge in [0.25, 0.3) is 11.6 Å². The minimum absolute atomic E-state index is 0.0309. The van der Waals surface area contributed by atoms with Crippen molar-refractivity contribution >= 4 is 17.6 Å². The van der Waals surface area contributed by atoms with Gasteiger partial charge in [-0.05, 0) is 30.9 Å². The van der Waals surface area contributed by atoms with Crippen molar-refractivity contribution in [3.63, 3.8) is 0 Å². The average Bonchev–Trinajstić information content (AvgIpc) is 3.22. The molecule has 1 aliphatic rings. The molecule has 1 heterocycles. The molecule has 0 radical (unpaired) electrons. The lowest BCUT2D eigenvalue weighted by Crippen LogP contribution is -2.31. The molecule has 1 aromatic heterocycles. The van der Waals surface area contributed by atoms with Gasteiger partial charge < -0.3 is 10.1 Å². The topological polar surface area (TPSA) is 116 Å². The molecule has 1 atom stereocenters. The molecule has 1 unspecified atom stereocenters. The number of nitrogens with zero attached hydrogens (tertiary/aromatic N) is 3. The summed E-state index contributed by atoms with van der Waals surface area (Å²) in [6.07, 6.45) is 4.24. The van der Waals surface area contributed by atoms with E-state index in [4.69, 9.17) is 0 Å². The van der Waals surface area contributed by atoms with Gasteiger partial charge in [-0.15, -0.1) is 0 Å². The maximum absolute atomic E-state index is 12.9. The van der Waals surface area contributed by atoms with Crippen LogP contribution in [-0.2, 0) is 17.7 Å². The number of nitrogens with one attached hydrogen (secondary N) is 1. The van der Waals surface area contributed by atoms with Crippen LogP contribution in [0.3, 0.4) is 0 Å². The molecule has 1 amide bonds. The van der Waals surface area contributed by atoms with Crippen LogP contribution in [0.15, 0.2) is 54.7 Å². The predicted octanol–water partition coefficient (Wildman–Crippen LogP) is 3.43. The number of esters is 1. The minimum atomic E-state index is -0.745. The number of non-ortho nitro benzene ring substituents is 1. The molecule has 0 bridgehead atoms. The van der Waals surface area contributed by atoms with Crippen molar-refractivity contribution in [1.29, 1.82) is 0 Å². The molecule has 4 rings (SSSR count). The molecule has 32 heavy (non-hydrogen) atoms. The van der Waals surface area contributed by atoms with Crippen LogP contribution in [-0.4, -0.2) is 33.7 Å². The van der Waals surface area contributed by atoms with E-state index in [0.29, 0.717) is 6.54 Å². The molecule has 0 saturated carbocycles. The van der Waals surface area contributed by atoms with Gasteiger partial charge in [0.05, 0.1) is 36.4 Å². The van der Waals surface area contributed by atoms with Crippen LogP contribution in [0.2, 0.25) is 0 Å². The van der Waals surface area contributed by atoms with Gasteiger partial charge in [0, 0.05) is 29.0 Å². The average molecular weight is 434 g/mol. The monoisotopic (exact) mass is 434 g/mol. The number of ether oxygens (including phenoxy) is 1. The van der Waals surface area contributed by atoms with Crippen molar-refractivity contribution in [1.82, 2.24) is 15.1 Å². The summed E-state index contributed by atoms with van der Waals surface area (Å²) in [5.41, 5.74) is 2.78. The fraction of sp³-hybridized carbons (Fsp3) is 0.261. The largest absolute Gasteiger partial charge is 0.465 e. The van der Waals surface area contributed by atoms with Crippen LogP contribution in [0.25, 0.3) is 0 Å². The molecular formula is C23H22N4O5. The molecule has 0 aliphatic heterocycles. The molecule has 9 heteroatoms. The Hall–Kier alpha value is -4.01. The van der Waals surface area contributed by atoms with Crippen LogP contribution in [0.4, 0.5) is 5.69 Å². The highest BCUT2D eigenvalue weighted by Crippen LogP contribution is 2.30. The first-order chi connectivity index (χ1) is 15.5. The summed E-state index contributed by atoms with van der Waals surface area (Å²) in [4.78, 5) is 35.4. The first-order valence-electron chi connectivity index (χ1n) is 10.2. The van der Waals surface area contributed by atoms with Gasteiger partial charge in [0.2, 0.25) is 0 Å². The summed E-state index contributed by atoms with van der Waals surface area (Å²) in [6, 6.07) is 13.3. The van der Waals surface area contributed by atoms with Crippen molar-refractivity contribution in [2.75, 3.05) is 7.11 Å². The molecule has 9 nitrogen and oxygen atoms in total. The van der Waals surface area contributed by atoms with E-state index < -0.39 is 16.8 Å². The van der Waals surface area contributed by atoms with E-state index in [1.54, 1.807) is 6.20 Å². The molecule has 1 N–H and O–H groups in total. The first kappa shape index (κ1) is 21.2. The fourth-order valence-electron chi connectivity index (χ4n) is 3.99. The van der Waals surface area contributed by atoms with Crippen molar-refractivity contribution in [2.45, 2.75) is 31.8 Å². The number of hydrogen-bond acceptors (Lipinski definition) is 6. The Morgan fingerprint density at radius 1 is 1.22 bits per heavy atom. The molecule has 164 valence electrons. The maximum atomic E-state index is 12.9. The van der Waals surface area contributed by atoms with E-state index in [1.807, 2.05) is 35.0 Å². The number of fused-ring (bicyclic) bond motifs is 1. The van der Waals surface area contributed by atoms with Crippen LogP contribution in [0.5, 0.6) is 0 Å². The second kappa shape index (κ2) is 9.01. The lowest BCUT2D eigenvalue weighted by atomic mass is 9.92. The smallest absolute Gasteiger partial charge is 0.338 e. The Balaban J connectivity index is 1.57. The lowest BCUT2D eigenvalue weighted by Gasteiger charge is -2.24. The van der Waals surface area contributed by atoms with Crippen LogP contribution >= 0.6 is 0 Å². The standard InChI is InChI=1S/C23H22N4O5/c1-32-23(29)17-10-16(11-18(12-17)27(30)31)22(28)25-20-8-5-9-21-19(20)13-24-26(21)14-15-6-3-2-4-7-15/h2-4,6-7,10-13,20H,5,8-9,14H2,1H3,(H,25,28). The lowest BCUT2D eigenvalue weighted by molar-refractivity contribution is -0.384. The highest BCUT2D eigenvalue weighted by molar-refractivity contribution is 5.99. The number of amides is 1. The molecule has 3 aromatic rings. The third-order valence-corrected chi connectivity index (χ3v) is 5.56. The number of hydrogen-bond donors (Lipinski definition) is 1. The minimum Gasteiger partial charge on any atom is -0.465 e. The van der Waals surface area contributed by atoms with E-state index in [0.717, 1.165) is 48.2 Å². The Labute approximate surface area is 184 Å². The van der Waals surface area contributed by atoms with E-state index >= 15 is 0 Å².